The summed E-state index contributed by atoms with van der Waals surface area (Å²) in [5, 5.41) is 7.93. The van der Waals surface area contributed by atoms with Crippen LogP contribution < -0.4 is 5.32 Å². The largest absolute Gasteiger partial charge is 0.361 e. The molecule has 0 aliphatic heterocycles. The maximum atomic E-state index is 5.92. The highest BCUT2D eigenvalue weighted by Crippen LogP contribution is 2.23. The Bertz CT molecular complexity index is 513. The lowest BCUT2D eigenvalue weighted by atomic mass is 10.2. The molecular formula is C12H12BrClN2O. The molecule has 90 valence electrons. The molecule has 3 nitrogen and oxygen atoms in total. The zero-order valence-electron chi connectivity index (χ0n) is 9.34. The van der Waals surface area contributed by atoms with Gasteiger partial charge in [0.1, 0.15) is 5.76 Å². The van der Waals surface area contributed by atoms with Gasteiger partial charge in [-0.2, -0.15) is 0 Å². The average molecular weight is 316 g/mol. The van der Waals surface area contributed by atoms with Crippen molar-refractivity contribution >= 4 is 27.5 Å². The molecule has 0 radical (unpaired) electrons. The van der Waals surface area contributed by atoms with E-state index in [9.17, 15) is 0 Å². The van der Waals surface area contributed by atoms with E-state index >= 15 is 0 Å². The SMILES string of the molecule is Cc1cc(CNCc2ccc(Cl)c(Br)c2)no1. The molecule has 1 heterocycles. The summed E-state index contributed by atoms with van der Waals surface area (Å²) < 4.78 is 5.90. The molecule has 0 fully saturated rings. The first-order valence-corrected chi connectivity index (χ1v) is 6.39. The molecule has 0 atom stereocenters. The highest BCUT2D eigenvalue weighted by Gasteiger charge is 2.01. The van der Waals surface area contributed by atoms with Crippen molar-refractivity contribution in [2.75, 3.05) is 0 Å². The lowest BCUT2D eigenvalue weighted by Gasteiger charge is -2.04. The maximum Gasteiger partial charge on any atom is 0.133 e. The molecule has 1 aromatic carbocycles. The topological polar surface area (TPSA) is 38.1 Å². The molecule has 0 unspecified atom stereocenters. The van der Waals surface area contributed by atoms with Crippen LogP contribution in [0, 0.1) is 6.92 Å². The highest BCUT2D eigenvalue weighted by atomic mass is 79.9. The van der Waals surface area contributed by atoms with Crippen molar-refractivity contribution in [1.82, 2.24) is 10.5 Å². The predicted octanol–water partition coefficient (Wildman–Crippen LogP) is 3.69. The number of benzene rings is 1. The molecule has 0 amide bonds. The third-order valence-corrected chi connectivity index (χ3v) is 3.51. The second-order valence-corrected chi connectivity index (χ2v) is 5.04. The summed E-state index contributed by atoms with van der Waals surface area (Å²) in [6.45, 7) is 3.34. The van der Waals surface area contributed by atoms with E-state index < -0.39 is 0 Å². The fourth-order valence-electron chi connectivity index (χ4n) is 1.49. The minimum absolute atomic E-state index is 0.692. The third-order valence-electron chi connectivity index (χ3n) is 2.30. The van der Waals surface area contributed by atoms with E-state index in [-0.39, 0.29) is 0 Å². The Labute approximate surface area is 113 Å². The molecule has 0 bridgehead atoms. The van der Waals surface area contributed by atoms with Gasteiger partial charge in [0.15, 0.2) is 0 Å². The normalized spacial score (nSPS) is 10.8. The Hall–Kier alpha value is -0.840. The monoisotopic (exact) mass is 314 g/mol. The Morgan fingerprint density at radius 2 is 2.18 bits per heavy atom. The standard InChI is InChI=1S/C12H12BrClN2O/c1-8-4-10(16-17-8)7-15-6-9-2-3-12(14)11(13)5-9/h2-5,15H,6-7H2,1H3. The number of nitrogens with one attached hydrogen (secondary N) is 1. The summed E-state index contributed by atoms with van der Waals surface area (Å²) in [6.07, 6.45) is 0. The van der Waals surface area contributed by atoms with E-state index in [4.69, 9.17) is 16.1 Å². The number of halogens is 2. The van der Waals surface area contributed by atoms with Gasteiger partial charge in [0.2, 0.25) is 0 Å². The van der Waals surface area contributed by atoms with Crippen LogP contribution in [0.2, 0.25) is 5.02 Å². The molecule has 5 heteroatoms. The van der Waals surface area contributed by atoms with E-state index in [1.807, 2.05) is 31.2 Å². The Kier molecular flexibility index (Phi) is 4.20. The lowest BCUT2D eigenvalue weighted by molar-refractivity contribution is 0.388. The Balaban J connectivity index is 1.87. The van der Waals surface area contributed by atoms with Gasteiger partial charge in [-0.3, -0.25) is 0 Å². The summed E-state index contributed by atoms with van der Waals surface area (Å²) >= 11 is 9.32. The van der Waals surface area contributed by atoms with E-state index in [0.29, 0.717) is 6.54 Å². The van der Waals surface area contributed by atoms with Crippen molar-refractivity contribution in [1.29, 1.82) is 0 Å². The van der Waals surface area contributed by atoms with Crippen LogP contribution in [0.4, 0.5) is 0 Å². The smallest absolute Gasteiger partial charge is 0.133 e. The van der Waals surface area contributed by atoms with Gasteiger partial charge in [-0.25, -0.2) is 0 Å². The number of aromatic nitrogens is 1. The van der Waals surface area contributed by atoms with Crippen LogP contribution in [0.15, 0.2) is 33.3 Å². The molecule has 17 heavy (non-hydrogen) atoms. The zero-order chi connectivity index (χ0) is 12.3. The quantitative estimate of drug-likeness (QED) is 0.935. The van der Waals surface area contributed by atoms with E-state index in [1.54, 1.807) is 0 Å². The molecule has 0 spiro atoms. The van der Waals surface area contributed by atoms with Crippen LogP contribution in [0.3, 0.4) is 0 Å². The van der Waals surface area contributed by atoms with Gasteiger partial charge in [-0.15, -0.1) is 0 Å². The summed E-state index contributed by atoms with van der Waals surface area (Å²) in [6, 6.07) is 7.80. The molecule has 0 aliphatic rings. The van der Waals surface area contributed by atoms with Crippen LogP contribution >= 0.6 is 27.5 Å². The fraction of sp³-hybridized carbons (Fsp3) is 0.250. The molecule has 0 saturated carbocycles. The molecule has 1 aromatic heterocycles. The van der Waals surface area contributed by atoms with Crippen molar-refractivity contribution in [3.63, 3.8) is 0 Å². The predicted molar refractivity (Wildman–Crippen MR) is 70.9 cm³/mol. The fourth-order valence-corrected chi connectivity index (χ4v) is 2.03. The summed E-state index contributed by atoms with van der Waals surface area (Å²) in [7, 11) is 0. The number of hydrogen-bond donors (Lipinski definition) is 1. The lowest BCUT2D eigenvalue weighted by Crippen LogP contribution is -2.12. The van der Waals surface area contributed by atoms with Crippen molar-refractivity contribution < 1.29 is 4.52 Å². The Morgan fingerprint density at radius 1 is 1.35 bits per heavy atom. The van der Waals surface area contributed by atoms with Crippen LogP contribution in [-0.4, -0.2) is 5.16 Å². The van der Waals surface area contributed by atoms with Crippen molar-refractivity contribution in [3.05, 3.63) is 50.8 Å². The first kappa shape index (κ1) is 12.6. The second kappa shape index (κ2) is 5.67. The molecule has 2 rings (SSSR count). The minimum Gasteiger partial charge on any atom is -0.361 e. The number of hydrogen-bond acceptors (Lipinski definition) is 3. The second-order valence-electron chi connectivity index (χ2n) is 3.78. The van der Waals surface area contributed by atoms with Crippen molar-refractivity contribution in [2.24, 2.45) is 0 Å². The summed E-state index contributed by atoms with van der Waals surface area (Å²) in [5.74, 6) is 0.830. The molecular weight excluding hydrogens is 304 g/mol. The van der Waals surface area contributed by atoms with Crippen molar-refractivity contribution in [2.45, 2.75) is 20.0 Å². The van der Waals surface area contributed by atoms with Crippen LogP contribution in [0.5, 0.6) is 0 Å². The number of aryl methyl sites for hydroxylation is 1. The van der Waals surface area contributed by atoms with E-state index in [2.05, 4.69) is 26.4 Å². The molecule has 0 aliphatic carbocycles. The minimum atomic E-state index is 0.692. The molecule has 2 aromatic rings. The van der Waals surface area contributed by atoms with E-state index in [0.717, 1.165) is 27.5 Å². The van der Waals surface area contributed by atoms with Crippen LogP contribution in [-0.2, 0) is 13.1 Å². The highest BCUT2D eigenvalue weighted by molar-refractivity contribution is 9.10. The Morgan fingerprint density at radius 3 is 2.82 bits per heavy atom. The maximum absolute atomic E-state index is 5.92. The van der Waals surface area contributed by atoms with Crippen molar-refractivity contribution in [3.8, 4) is 0 Å². The first-order chi connectivity index (χ1) is 8.15. The van der Waals surface area contributed by atoms with Gasteiger partial charge in [0, 0.05) is 23.6 Å². The summed E-state index contributed by atoms with van der Waals surface area (Å²) in [5.41, 5.74) is 2.08. The van der Waals surface area contributed by atoms with Crippen LogP contribution in [0.1, 0.15) is 17.0 Å². The third kappa shape index (κ3) is 3.56. The number of nitrogens with zero attached hydrogens (tertiary/aromatic N) is 1. The van der Waals surface area contributed by atoms with Gasteiger partial charge >= 0.3 is 0 Å². The first-order valence-electron chi connectivity index (χ1n) is 5.22. The van der Waals surface area contributed by atoms with E-state index in [1.165, 1.54) is 5.56 Å². The number of rotatable bonds is 4. The van der Waals surface area contributed by atoms with Gasteiger partial charge < -0.3 is 9.84 Å². The molecule has 0 saturated heterocycles. The average Bonchev–Trinajstić information content (AvgIpc) is 2.70. The summed E-state index contributed by atoms with van der Waals surface area (Å²) in [4.78, 5) is 0. The van der Waals surface area contributed by atoms with Gasteiger partial charge in [-0.05, 0) is 40.5 Å². The zero-order valence-corrected chi connectivity index (χ0v) is 11.7. The van der Waals surface area contributed by atoms with Gasteiger partial charge in [0.05, 0.1) is 10.7 Å². The molecule has 1 N–H and O–H groups in total. The van der Waals surface area contributed by atoms with Gasteiger partial charge in [0.25, 0.3) is 0 Å². The van der Waals surface area contributed by atoms with Gasteiger partial charge in [-0.1, -0.05) is 22.8 Å². The van der Waals surface area contributed by atoms with Crippen LogP contribution in [0.25, 0.3) is 0 Å².